The number of anilines is 1. The van der Waals surface area contributed by atoms with Crippen molar-refractivity contribution in [3.05, 3.63) is 24.2 Å². The summed E-state index contributed by atoms with van der Waals surface area (Å²) in [5, 5.41) is 14.3. The molecule has 2 aliphatic heterocycles. The van der Waals surface area contributed by atoms with Crippen molar-refractivity contribution in [3.63, 3.8) is 0 Å². The fraction of sp³-hybridized carbons (Fsp3) is 0.600. The van der Waals surface area contributed by atoms with Crippen molar-refractivity contribution >= 4 is 17.5 Å². The molecule has 2 saturated heterocycles. The summed E-state index contributed by atoms with van der Waals surface area (Å²) < 4.78 is 30.5. The topological polar surface area (TPSA) is 143 Å². The third-order valence-electron chi connectivity index (χ3n) is 6.04. The first kappa shape index (κ1) is 20.0. The average Bonchev–Trinajstić information content (AvgIpc) is 3.32. The quantitative estimate of drug-likeness (QED) is 0.721. The lowest BCUT2D eigenvalue weighted by atomic mass is 9.82. The van der Waals surface area contributed by atoms with Gasteiger partial charge < -0.3 is 29.4 Å². The molecule has 0 unspecified atom stereocenters. The minimum atomic E-state index is -2.05. The summed E-state index contributed by atoms with van der Waals surface area (Å²) in [7, 11) is 0. The molecule has 11 nitrogen and oxygen atoms in total. The van der Waals surface area contributed by atoms with Gasteiger partial charge in [0.2, 0.25) is 0 Å². The van der Waals surface area contributed by atoms with Crippen LogP contribution in [0.2, 0.25) is 0 Å². The summed E-state index contributed by atoms with van der Waals surface area (Å²) in [6.45, 7) is 5.26. The first-order valence-corrected chi connectivity index (χ1v) is 10.1. The number of hydrogen-bond acceptors (Lipinski definition) is 10. The Balaban J connectivity index is 1.50. The molecule has 4 heterocycles. The van der Waals surface area contributed by atoms with Gasteiger partial charge >= 0.3 is 11.9 Å². The highest BCUT2D eigenvalue weighted by Gasteiger charge is 2.67. The zero-order valence-corrected chi connectivity index (χ0v) is 17.4. The third-order valence-corrected chi connectivity index (χ3v) is 6.04. The molecule has 4 atom stereocenters. The Bertz CT molecular complexity index is 1090. The molecule has 31 heavy (non-hydrogen) atoms. The van der Waals surface area contributed by atoms with Gasteiger partial charge in [-0.05, 0) is 52.2 Å². The van der Waals surface area contributed by atoms with Crippen LogP contribution in [0.25, 0.3) is 5.52 Å². The molecular weight excluding hydrogens is 406 g/mol. The number of rotatable bonds is 3. The number of nitriles is 1. The number of carbonyl (C=O) groups is 1. The Morgan fingerprint density at radius 3 is 2.71 bits per heavy atom. The van der Waals surface area contributed by atoms with E-state index in [1.54, 1.807) is 30.5 Å². The number of nitrogens with two attached hydrogens (primary N) is 1. The van der Waals surface area contributed by atoms with Gasteiger partial charge in [0, 0.05) is 0 Å². The van der Waals surface area contributed by atoms with E-state index in [1.165, 1.54) is 6.33 Å². The van der Waals surface area contributed by atoms with Crippen molar-refractivity contribution < 1.29 is 28.5 Å². The van der Waals surface area contributed by atoms with Crippen molar-refractivity contribution in [2.24, 2.45) is 0 Å². The summed E-state index contributed by atoms with van der Waals surface area (Å²) in [6.07, 6.45) is 0.216. The Hall–Kier alpha value is -2.94. The van der Waals surface area contributed by atoms with Crippen molar-refractivity contribution in [2.75, 3.05) is 5.73 Å². The second-order valence-electron chi connectivity index (χ2n) is 8.80. The van der Waals surface area contributed by atoms with Gasteiger partial charge in [0.05, 0.1) is 5.69 Å². The molecule has 3 aliphatic rings. The van der Waals surface area contributed by atoms with Crippen molar-refractivity contribution in [2.45, 2.75) is 75.5 Å². The van der Waals surface area contributed by atoms with Gasteiger partial charge in [-0.1, -0.05) is 0 Å². The molecule has 11 heteroatoms. The molecule has 1 aliphatic carbocycles. The maximum absolute atomic E-state index is 12.6. The number of hydrogen-bond donors (Lipinski definition) is 1. The molecule has 0 aromatic carbocycles. The Morgan fingerprint density at radius 2 is 2.03 bits per heavy atom. The summed E-state index contributed by atoms with van der Waals surface area (Å²) in [4.78, 5) is 16.5. The van der Waals surface area contributed by atoms with Gasteiger partial charge in [-0.25, -0.2) is 14.3 Å². The van der Waals surface area contributed by atoms with Crippen LogP contribution in [0.5, 0.6) is 0 Å². The van der Waals surface area contributed by atoms with E-state index in [0.29, 0.717) is 17.0 Å². The van der Waals surface area contributed by atoms with Crippen LogP contribution in [0.15, 0.2) is 18.5 Å². The van der Waals surface area contributed by atoms with E-state index in [-0.39, 0.29) is 0 Å². The lowest BCUT2D eigenvalue weighted by molar-refractivity contribution is -0.258. The van der Waals surface area contributed by atoms with Crippen LogP contribution in [0.1, 0.15) is 51.8 Å². The van der Waals surface area contributed by atoms with E-state index in [1.807, 2.05) is 13.0 Å². The largest absolute Gasteiger partial charge is 0.512 e. The SMILES string of the molecule is CC1(OC(=O)O[C@@]2(C#N)O[C@@H](c3ccc4c(N)ncnn34)[C@@H]3OC(C)(C)O[C@@H]32)CCC1. The zero-order chi connectivity index (χ0) is 22.0. The average molecular weight is 429 g/mol. The summed E-state index contributed by atoms with van der Waals surface area (Å²) >= 11 is 0. The number of ether oxygens (including phenoxy) is 5. The fourth-order valence-electron chi connectivity index (χ4n) is 4.36. The highest BCUT2D eigenvalue weighted by atomic mass is 16.9. The number of fused-ring (bicyclic) bond motifs is 2. The molecule has 2 aromatic heterocycles. The molecule has 2 aromatic rings. The monoisotopic (exact) mass is 429 g/mol. The normalized spacial score (nSPS) is 32.8. The Kier molecular flexibility index (Phi) is 4.21. The number of nitrogen functional groups attached to an aromatic ring is 1. The van der Waals surface area contributed by atoms with Crippen molar-refractivity contribution in [3.8, 4) is 6.07 Å². The van der Waals surface area contributed by atoms with Crippen LogP contribution in [0, 0.1) is 11.3 Å². The molecular formula is C20H23N5O6. The van der Waals surface area contributed by atoms with Gasteiger partial charge in [0.15, 0.2) is 17.7 Å². The number of nitrogens with zero attached hydrogens (tertiary/aromatic N) is 4. The Labute approximate surface area is 178 Å². The fourth-order valence-corrected chi connectivity index (χ4v) is 4.36. The molecule has 5 rings (SSSR count). The smallest absolute Gasteiger partial charge is 0.428 e. The van der Waals surface area contributed by atoms with Gasteiger partial charge in [-0.15, -0.1) is 0 Å². The minimum Gasteiger partial charge on any atom is -0.428 e. The predicted octanol–water partition coefficient (Wildman–Crippen LogP) is 2.22. The number of carbonyl (C=O) groups excluding carboxylic acids is 1. The van der Waals surface area contributed by atoms with Crippen LogP contribution in [-0.2, 0) is 23.7 Å². The van der Waals surface area contributed by atoms with E-state index >= 15 is 0 Å². The maximum Gasteiger partial charge on any atom is 0.512 e. The van der Waals surface area contributed by atoms with Gasteiger partial charge in [0.1, 0.15) is 35.7 Å². The second kappa shape index (κ2) is 6.53. The summed E-state index contributed by atoms with van der Waals surface area (Å²) in [5.74, 6) is -2.78. The van der Waals surface area contributed by atoms with Crippen molar-refractivity contribution in [1.29, 1.82) is 5.26 Å². The molecule has 2 N–H and O–H groups in total. The predicted molar refractivity (Wildman–Crippen MR) is 103 cm³/mol. The highest BCUT2D eigenvalue weighted by Crippen LogP contribution is 2.50. The van der Waals surface area contributed by atoms with Crippen LogP contribution < -0.4 is 5.73 Å². The van der Waals surface area contributed by atoms with Gasteiger partial charge in [-0.3, -0.25) is 0 Å². The van der Waals surface area contributed by atoms with Crippen LogP contribution in [0.3, 0.4) is 0 Å². The molecule has 0 spiro atoms. The molecule has 0 amide bonds. The van der Waals surface area contributed by atoms with Crippen LogP contribution >= 0.6 is 0 Å². The lowest BCUT2D eigenvalue weighted by Crippen LogP contribution is -2.48. The van der Waals surface area contributed by atoms with Crippen LogP contribution in [0.4, 0.5) is 10.6 Å². The van der Waals surface area contributed by atoms with E-state index in [4.69, 9.17) is 29.4 Å². The van der Waals surface area contributed by atoms with Gasteiger partial charge in [-0.2, -0.15) is 10.4 Å². The maximum atomic E-state index is 12.6. The zero-order valence-electron chi connectivity index (χ0n) is 17.4. The minimum absolute atomic E-state index is 0.292. The molecule has 1 saturated carbocycles. The second-order valence-corrected chi connectivity index (χ2v) is 8.80. The van der Waals surface area contributed by atoms with Crippen molar-refractivity contribution in [1.82, 2.24) is 14.6 Å². The van der Waals surface area contributed by atoms with Crippen LogP contribution in [-0.4, -0.2) is 50.1 Å². The number of aromatic nitrogens is 3. The molecule has 0 bridgehead atoms. The highest BCUT2D eigenvalue weighted by molar-refractivity contribution is 5.65. The molecule has 0 radical (unpaired) electrons. The third kappa shape index (κ3) is 3.10. The molecule has 164 valence electrons. The lowest BCUT2D eigenvalue weighted by Gasteiger charge is -2.37. The molecule has 3 fully saturated rings. The summed E-state index contributed by atoms with van der Waals surface area (Å²) in [5.41, 5.74) is 6.47. The summed E-state index contributed by atoms with van der Waals surface area (Å²) in [6, 6.07) is 5.46. The first-order chi connectivity index (χ1) is 14.7. The van der Waals surface area contributed by atoms with Gasteiger partial charge in [0.25, 0.3) is 0 Å². The Morgan fingerprint density at radius 1 is 1.26 bits per heavy atom. The van der Waals surface area contributed by atoms with E-state index in [2.05, 4.69) is 10.1 Å². The standard InChI is InChI=1S/C20H23N5O6/c1-18(2)27-14-13(11-5-6-12-16(22)23-10-24-25(11)12)28-20(9-21,15(14)29-18)31-17(26)30-19(3)7-4-8-19/h5-6,10,13-15H,4,7-8H2,1-3H3,(H2,22,23,24)/t13-,14-,15-,20+/m0/s1. The van der Waals surface area contributed by atoms with E-state index in [0.717, 1.165) is 19.3 Å². The van der Waals surface area contributed by atoms with E-state index < -0.39 is 41.6 Å². The van der Waals surface area contributed by atoms with E-state index in [9.17, 15) is 10.1 Å². The first-order valence-electron chi connectivity index (χ1n) is 10.1.